The first kappa shape index (κ1) is 14.8. The first-order chi connectivity index (χ1) is 9.41. The van der Waals surface area contributed by atoms with Gasteiger partial charge in [-0.2, -0.15) is 0 Å². The highest BCUT2D eigenvalue weighted by Crippen LogP contribution is 2.26. The highest BCUT2D eigenvalue weighted by atomic mass is 16.3. The second-order valence-corrected chi connectivity index (χ2v) is 5.65. The SMILES string of the molecule is [CH2]c1ccc(CO)c(Cc2ccccc2C(C)(C)O)c1. The Bertz CT molecular complexity index is 595. The van der Waals surface area contributed by atoms with Gasteiger partial charge in [-0.15, -0.1) is 0 Å². The Morgan fingerprint density at radius 1 is 1.00 bits per heavy atom. The van der Waals surface area contributed by atoms with Gasteiger partial charge in [-0.05, 0) is 55.0 Å². The molecule has 2 N–H and O–H groups in total. The predicted molar refractivity (Wildman–Crippen MR) is 81.3 cm³/mol. The van der Waals surface area contributed by atoms with Crippen LogP contribution >= 0.6 is 0 Å². The molecule has 2 nitrogen and oxygen atoms in total. The van der Waals surface area contributed by atoms with Crippen LogP contribution in [-0.4, -0.2) is 10.2 Å². The summed E-state index contributed by atoms with van der Waals surface area (Å²) >= 11 is 0. The van der Waals surface area contributed by atoms with E-state index in [-0.39, 0.29) is 6.61 Å². The molecule has 1 radical (unpaired) electrons. The molecule has 0 spiro atoms. The lowest BCUT2D eigenvalue weighted by atomic mass is 9.88. The van der Waals surface area contributed by atoms with Gasteiger partial charge in [-0.25, -0.2) is 0 Å². The van der Waals surface area contributed by atoms with E-state index >= 15 is 0 Å². The Balaban J connectivity index is 2.43. The number of benzene rings is 2. The molecular formula is C18H21O2. The summed E-state index contributed by atoms with van der Waals surface area (Å²) in [5.74, 6) is 0. The van der Waals surface area contributed by atoms with E-state index in [1.807, 2.05) is 42.5 Å². The fourth-order valence-corrected chi connectivity index (χ4v) is 2.47. The Labute approximate surface area is 120 Å². The third-order valence-corrected chi connectivity index (χ3v) is 3.50. The van der Waals surface area contributed by atoms with Gasteiger partial charge in [0.15, 0.2) is 0 Å². The molecular weight excluding hydrogens is 248 g/mol. The van der Waals surface area contributed by atoms with E-state index < -0.39 is 5.60 Å². The van der Waals surface area contributed by atoms with Crippen LogP contribution in [0.5, 0.6) is 0 Å². The molecule has 0 saturated carbocycles. The Kier molecular flexibility index (Phi) is 4.26. The summed E-state index contributed by atoms with van der Waals surface area (Å²) in [4.78, 5) is 0. The van der Waals surface area contributed by atoms with Crippen LogP contribution in [0.25, 0.3) is 0 Å². The van der Waals surface area contributed by atoms with Gasteiger partial charge in [0.1, 0.15) is 0 Å². The van der Waals surface area contributed by atoms with Crippen LogP contribution in [0.4, 0.5) is 0 Å². The molecule has 0 amide bonds. The number of aliphatic hydroxyl groups is 2. The summed E-state index contributed by atoms with van der Waals surface area (Å²) in [5, 5.41) is 19.7. The fraction of sp³-hybridized carbons (Fsp3) is 0.278. The van der Waals surface area contributed by atoms with Crippen LogP contribution in [0, 0.1) is 6.92 Å². The molecule has 2 heteroatoms. The number of rotatable bonds is 4. The molecule has 0 aromatic heterocycles. The van der Waals surface area contributed by atoms with Crippen LogP contribution in [0.15, 0.2) is 42.5 Å². The second kappa shape index (κ2) is 5.78. The molecule has 0 aliphatic carbocycles. The number of hydrogen-bond acceptors (Lipinski definition) is 2. The van der Waals surface area contributed by atoms with Gasteiger partial charge in [0.25, 0.3) is 0 Å². The smallest absolute Gasteiger partial charge is 0.0843 e. The first-order valence-corrected chi connectivity index (χ1v) is 6.77. The van der Waals surface area contributed by atoms with E-state index in [1.54, 1.807) is 13.8 Å². The second-order valence-electron chi connectivity index (χ2n) is 5.65. The third-order valence-electron chi connectivity index (χ3n) is 3.50. The monoisotopic (exact) mass is 269 g/mol. The lowest BCUT2D eigenvalue weighted by Crippen LogP contribution is -2.18. The van der Waals surface area contributed by atoms with E-state index in [1.165, 1.54) is 0 Å². The van der Waals surface area contributed by atoms with Crippen molar-refractivity contribution < 1.29 is 10.2 Å². The van der Waals surface area contributed by atoms with Crippen molar-refractivity contribution >= 4 is 0 Å². The van der Waals surface area contributed by atoms with E-state index in [9.17, 15) is 10.2 Å². The van der Waals surface area contributed by atoms with Crippen LogP contribution in [0.1, 0.15) is 41.7 Å². The number of hydrogen-bond donors (Lipinski definition) is 2. The van der Waals surface area contributed by atoms with E-state index in [4.69, 9.17) is 0 Å². The lowest BCUT2D eigenvalue weighted by molar-refractivity contribution is 0.0777. The van der Waals surface area contributed by atoms with Crippen molar-refractivity contribution in [3.8, 4) is 0 Å². The zero-order valence-corrected chi connectivity index (χ0v) is 12.1. The highest BCUT2D eigenvalue weighted by molar-refractivity contribution is 5.40. The molecule has 0 unspecified atom stereocenters. The molecule has 0 heterocycles. The molecule has 0 atom stereocenters. The van der Waals surface area contributed by atoms with Gasteiger partial charge in [-0.1, -0.05) is 42.5 Å². The summed E-state index contributed by atoms with van der Waals surface area (Å²) in [6, 6.07) is 13.7. The summed E-state index contributed by atoms with van der Waals surface area (Å²) in [5.41, 5.74) is 3.99. The van der Waals surface area contributed by atoms with Crippen molar-refractivity contribution in [1.82, 2.24) is 0 Å². The van der Waals surface area contributed by atoms with E-state index in [0.717, 1.165) is 27.8 Å². The average Bonchev–Trinajstić information content (AvgIpc) is 2.38. The van der Waals surface area contributed by atoms with Crippen LogP contribution in [-0.2, 0) is 18.6 Å². The van der Waals surface area contributed by atoms with Crippen LogP contribution < -0.4 is 0 Å². The molecule has 2 rings (SSSR count). The van der Waals surface area contributed by atoms with Crippen molar-refractivity contribution in [3.63, 3.8) is 0 Å². The summed E-state index contributed by atoms with van der Waals surface area (Å²) in [7, 11) is 0. The molecule has 2 aromatic carbocycles. The number of aliphatic hydroxyl groups excluding tert-OH is 1. The quantitative estimate of drug-likeness (QED) is 0.895. The Hall–Kier alpha value is -1.64. The molecule has 0 bridgehead atoms. The zero-order valence-electron chi connectivity index (χ0n) is 12.1. The first-order valence-electron chi connectivity index (χ1n) is 6.77. The molecule has 0 aliphatic rings. The van der Waals surface area contributed by atoms with Crippen LogP contribution in [0.2, 0.25) is 0 Å². The largest absolute Gasteiger partial charge is 0.392 e. The lowest BCUT2D eigenvalue weighted by Gasteiger charge is -2.22. The topological polar surface area (TPSA) is 40.5 Å². The average molecular weight is 269 g/mol. The fourth-order valence-electron chi connectivity index (χ4n) is 2.47. The normalized spacial score (nSPS) is 11.7. The zero-order chi connectivity index (χ0) is 14.8. The standard InChI is InChI=1S/C18H21O2/c1-13-8-9-15(12-19)16(10-13)11-14-6-4-5-7-17(14)18(2,3)20/h4-10,19-20H,1,11-12H2,2-3H3. The summed E-state index contributed by atoms with van der Waals surface area (Å²) in [6.45, 7) is 7.53. The minimum absolute atomic E-state index is 0.0142. The molecule has 0 aliphatic heterocycles. The maximum Gasteiger partial charge on any atom is 0.0843 e. The van der Waals surface area contributed by atoms with Crippen LogP contribution in [0.3, 0.4) is 0 Å². The van der Waals surface area contributed by atoms with Crippen molar-refractivity contribution in [1.29, 1.82) is 0 Å². The molecule has 2 aromatic rings. The summed E-state index contributed by atoms with van der Waals surface area (Å²) < 4.78 is 0. The van der Waals surface area contributed by atoms with Gasteiger partial charge in [0.2, 0.25) is 0 Å². The Morgan fingerprint density at radius 3 is 2.35 bits per heavy atom. The van der Waals surface area contributed by atoms with Gasteiger partial charge < -0.3 is 10.2 Å². The molecule has 0 fully saturated rings. The third kappa shape index (κ3) is 3.27. The summed E-state index contributed by atoms with van der Waals surface area (Å²) in [6.07, 6.45) is 0.680. The molecule has 0 saturated heterocycles. The van der Waals surface area contributed by atoms with Crippen molar-refractivity contribution in [2.75, 3.05) is 0 Å². The molecule has 105 valence electrons. The minimum atomic E-state index is -0.877. The van der Waals surface area contributed by atoms with Crippen molar-refractivity contribution in [2.24, 2.45) is 0 Å². The van der Waals surface area contributed by atoms with E-state index in [2.05, 4.69) is 6.92 Å². The van der Waals surface area contributed by atoms with Gasteiger partial charge in [0, 0.05) is 0 Å². The van der Waals surface area contributed by atoms with Gasteiger partial charge in [0.05, 0.1) is 12.2 Å². The maximum atomic E-state index is 10.3. The van der Waals surface area contributed by atoms with Gasteiger partial charge in [-0.3, -0.25) is 0 Å². The van der Waals surface area contributed by atoms with Crippen molar-refractivity contribution in [2.45, 2.75) is 32.5 Å². The maximum absolute atomic E-state index is 10.3. The van der Waals surface area contributed by atoms with Crippen molar-refractivity contribution in [3.05, 3.63) is 77.2 Å². The highest BCUT2D eigenvalue weighted by Gasteiger charge is 2.19. The van der Waals surface area contributed by atoms with E-state index in [0.29, 0.717) is 6.42 Å². The van der Waals surface area contributed by atoms with Gasteiger partial charge >= 0.3 is 0 Å². The Morgan fingerprint density at radius 2 is 1.70 bits per heavy atom. The predicted octanol–water partition coefficient (Wildman–Crippen LogP) is 3.18. The molecule has 20 heavy (non-hydrogen) atoms. The minimum Gasteiger partial charge on any atom is -0.392 e.